The van der Waals surface area contributed by atoms with Gasteiger partial charge in [-0.15, -0.1) is 0 Å². The van der Waals surface area contributed by atoms with Gasteiger partial charge in [-0.05, 0) is 24.3 Å². The van der Waals surface area contributed by atoms with Crippen molar-refractivity contribution in [1.82, 2.24) is 8.97 Å². The Bertz CT molecular complexity index is 845. The number of methoxy groups -OCH3 is 1. The summed E-state index contributed by atoms with van der Waals surface area (Å²) in [4.78, 5) is 23.8. The van der Waals surface area contributed by atoms with Crippen LogP contribution < -0.4 is 5.56 Å². The van der Waals surface area contributed by atoms with E-state index in [0.717, 1.165) is 11.0 Å². The number of hydrogen-bond donors (Lipinski definition) is 0. The van der Waals surface area contributed by atoms with Gasteiger partial charge < -0.3 is 13.7 Å². The molecule has 2 heterocycles. The lowest BCUT2D eigenvalue weighted by atomic mass is 10.2. The molecule has 5 nitrogen and oxygen atoms in total. The maximum absolute atomic E-state index is 12.5. The molecule has 102 valence electrons. The number of carbonyl (C=O) groups excluding carboxylic acids is 1. The van der Waals surface area contributed by atoms with Gasteiger partial charge in [-0.2, -0.15) is 0 Å². The molecule has 0 N–H and O–H groups in total. The zero-order valence-electron chi connectivity index (χ0n) is 11.1. The molecule has 0 fully saturated rings. The maximum atomic E-state index is 12.5. The van der Waals surface area contributed by atoms with E-state index in [4.69, 9.17) is 0 Å². The Labute approximate surface area is 115 Å². The molecule has 0 spiro atoms. The van der Waals surface area contributed by atoms with E-state index in [-0.39, 0.29) is 17.9 Å². The molecular weight excluding hydrogens is 256 g/mol. The summed E-state index contributed by atoms with van der Waals surface area (Å²) in [5.74, 6) is -0.323. The molecule has 0 saturated heterocycles. The summed E-state index contributed by atoms with van der Waals surface area (Å²) in [5.41, 5.74) is 2.26. The number of rotatable bonds is 3. The number of aryl methyl sites for hydroxylation is 1. The fraction of sp³-hybridized carbons (Fsp3) is 0.200. The zero-order valence-corrected chi connectivity index (χ0v) is 11.1. The molecule has 0 aliphatic rings. The molecule has 0 amide bonds. The first kappa shape index (κ1) is 12.5. The number of esters is 1. The van der Waals surface area contributed by atoms with E-state index in [9.17, 15) is 9.59 Å². The van der Waals surface area contributed by atoms with E-state index in [1.165, 1.54) is 7.11 Å². The lowest BCUT2D eigenvalue weighted by Crippen LogP contribution is -2.24. The summed E-state index contributed by atoms with van der Waals surface area (Å²) in [6, 6.07) is 11.3. The molecule has 0 aliphatic carbocycles. The molecule has 0 atom stereocenters. The second-order valence-corrected chi connectivity index (χ2v) is 4.54. The molecule has 2 aromatic heterocycles. The summed E-state index contributed by atoms with van der Waals surface area (Å²) >= 11 is 0. The molecule has 3 aromatic rings. The van der Waals surface area contributed by atoms with Crippen LogP contribution in [0.3, 0.4) is 0 Å². The SMILES string of the molecule is COC(=O)CCn1c(=O)c2cccn2c2ccccc21. The molecule has 0 bridgehead atoms. The van der Waals surface area contributed by atoms with Gasteiger partial charge >= 0.3 is 5.97 Å². The largest absolute Gasteiger partial charge is 0.469 e. The highest BCUT2D eigenvalue weighted by Crippen LogP contribution is 2.15. The van der Waals surface area contributed by atoms with Crippen LogP contribution >= 0.6 is 0 Å². The van der Waals surface area contributed by atoms with Crippen molar-refractivity contribution in [2.75, 3.05) is 7.11 Å². The fourth-order valence-electron chi connectivity index (χ4n) is 2.44. The number of nitrogens with zero attached hydrogens (tertiary/aromatic N) is 2. The van der Waals surface area contributed by atoms with Crippen molar-refractivity contribution in [2.45, 2.75) is 13.0 Å². The predicted octanol–water partition coefficient (Wildman–Crippen LogP) is 1.82. The quantitative estimate of drug-likeness (QED) is 0.682. The second kappa shape index (κ2) is 4.85. The van der Waals surface area contributed by atoms with Crippen LogP contribution in [-0.4, -0.2) is 22.0 Å². The highest BCUT2D eigenvalue weighted by Gasteiger charge is 2.11. The highest BCUT2D eigenvalue weighted by atomic mass is 16.5. The van der Waals surface area contributed by atoms with Gasteiger partial charge in [-0.3, -0.25) is 9.59 Å². The summed E-state index contributed by atoms with van der Waals surface area (Å²) in [7, 11) is 1.35. The standard InChI is InChI=1S/C15H14N2O3/c1-20-14(18)8-10-17-12-6-3-2-5-11(12)16-9-4-7-13(16)15(17)19/h2-7,9H,8,10H2,1H3. The van der Waals surface area contributed by atoms with Crippen LogP contribution in [0.1, 0.15) is 6.42 Å². The van der Waals surface area contributed by atoms with Crippen molar-refractivity contribution in [1.29, 1.82) is 0 Å². The smallest absolute Gasteiger partial charge is 0.307 e. The molecule has 1 aromatic carbocycles. The van der Waals surface area contributed by atoms with Crippen LogP contribution in [0.25, 0.3) is 16.6 Å². The molecule has 5 heteroatoms. The first-order valence-electron chi connectivity index (χ1n) is 6.38. The maximum Gasteiger partial charge on any atom is 0.307 e. The van der Waals surface area contributed by atoms with Crippen LogP contribution in [0.2, 0.25) is 0 Å². The van der Waals surface area contributed by atoms with Crippen molar-refractivity contribution in [3.8, 4) is 0 Å². The van der Waals surface area contributed by atoms with E-state index in [1.54, 1.807) is 10.6 Å². The van der Waals surface area contributed by atoms with Gasteiger partial charge in [0.05, 0.1) is 24.6 Å². The fourth-order valence-corrected chi connectivity index (χ4v) is 2.44. The van der Waals surface area contributed by atoms with E-state index >= 15 is 0 Å². The van der Waals surface area contributed by atoms with E-state index in [0.29, 0.717) is 12.1 Å². The highest BCUT2D eigenvalue weighted by molar-refractivity contribution is 5.79. The minimum Gasteiger partial charge on any atom is -0.469 e. The summed E-state index contributed by atoms with van der Waals surface area (Å²) in [6.45, 7) is 0.313. The van der Waals surface area contributed by atoms with Crippen molar-refractivity contribution >= 4 is 22.5 Å². The number of fused-ring (bicyclic) bond motifs is 3. The average Bonchev–Trinajstić information content (AvgIpc) is 2.96. The first-order valence-corrected chi connectivity index (χ1v) is 6.38. The Kier molecular flexibility index (Phi) is 3.02. The van der Waals surface area contributed by atoms with Crippen LogP contribution in [0.5, 0.6) is 0 Å². The van der Waals surface area contributed by atoms with Crippen LogP contribution in [0.4, 0.5) is 0 Å². The van der Waals surface area contributed by atoms with Crippen molar-refractivity contribution in [3.05, 3.63) is 52.9 Å². The minimum absolute atomic E-state index is 0.0994. The van der Waals surface area contributed by atoms with Gasteiger partial charge in [0.15, 0.2) is 0 Å². The Hall–Kier alpha value is -2.56. The van der Waals surface area contributed by atoms with Gasteiger partial charge in [-0.25, -0.2) is 0 Å². The zero-order chi connectivity index (χ0) is 14.1. The molecule has 0 aliphatic heterocycles. The lowest BCUT2D eigenvalue weighted by Gasteiger charge is -2.11. The number of carbonyl (C=O) groups is 1. The molecule has 20 heavy (non-hydrogen) atoms. The Morgan fingerprint density at radius 3 is 2.55 bits per heavy atom. The monoisotopic (exact) mass is 270 g/mol. The molecule has 0 unspecified atom stereocenters. The molecular formula is C15H14N2O3. The van der Waals surface area contributed by atoms with Gasteiger partial charge in [0.1, 0.15) is 5.52 Å². The van der Waals surface area contributed by atoms with E-state index in [1.807, 2.05) is 40.9 Å². The topological polar surface area (TPSA) is 52.7 Å². The van der Waals surface area contributed by atoms with Gasteiger partial charge in [0, 0.05) is 12.7 Å². The predicted molar refractivity (Wildman–Crippen MR) is 75.8 cm³/mol. The number of ether oxygens (including phenoxy) is 1. The Morgan fingerprint density at radius 2 is 1.80 bits per heavy atom. The van der Waals surface area contributed by atoms with Crippen LogP contribution in [0, 0.1) is 0 Å². The number of para-hydroxylation sites is 2. The normalized spacial score (nSPS) is 11.1. The van der Waals surface area contributed by atoms with Gasteiger partial charge in [0.2, 0.25) is 0 Å². The summed E-state index contributed by atoms with van der Waals surface area (Å²) in [6.07, 6.45) is 2.04. The van der Waals surface area contributed by atoms with Gasteiger partial charge in [0.25, 0.3) is 5.56 Å². The second-order valence-electron chi connectivity index (χ2n) is 4.54. The third kappa shape index (κ3) is 1.87. The third-order valence-electron chi connectivity index (χ3n) is 3.41. The van der Waals surface area contributed by atoms with Crippen LogP contribution in [0.15, 0.2) is 47.4 Å². The Balaban J connectivity index is 2.24. The number of benzene rings is 1. The first-order chi connectivity index (χ1) is 9.72. The summed E-state index contributed by atoms with van der Waals surface area (Å²) in [5, 5.41) is 0. The molecule has 0 radical (unpaired) electrons. The van der Waals surface area contributed by atoms with E-state index < -0.39 is 0 Å². The van der Waals surface area contributed by atoms with Gasteiger partial charge in [-0.1, -0.05) is 12.1 Å². The molecule has 0 saturated carbocycles. The number of aromatic nitrogens is 2. The van der Waals surface area contributed by atoms with E-state index in [2.05, 4.69) is 4.74 Å². The number of hydrogen-bond acceptors (Lipinski definition) is 3. The van der Waals surface area contributed by atoms with Crippen molar-refractivity contribution < 1.29 is 9.53 Å². The van der Waals surface area contributed by atoms with Crippen molar-refractivity contribution in [3.63, 3.8) is 0 Å². The Morgan fingerprint density at radius 1 is 1.10 bits per heavy atom. The molecule has 3 rings (SSSR count). The minimum atomic E-state index is -0.323. The lowest BCUT2D eigenvalue weighted by molar-refractivity contribution is -0.140. The summed E-state index contributed by atoms with van der Waals surface area (Å²) < 4.78 is 8.13. The third-order valence-corrected chi connectivity index (χ3v) is 3.41. The van der Waals surface area contributed by atoms with Crippen LogP contribution in [-0.2, 0) is 16.1 Å². The van der Waals surface area contributed by atoms with Crippen molar-refractivity contribution in [2.24, 2.45) is 0 Å². The average molecular weight is 270 g/mol.